The largest absolute Gasteiger partial charge is 0.387 e. The number of benzene rings is 1. The Kier molecular flexibility index (Phi) is 4.12. The molecule has 0 fully saturated rings. The van der Waals surface area contributed by atoms with Crippen LogP contribution in [-0.4, -0.2) is 23.7 Å². The molecular formula is C11H14ClNO2. The van der Waals surface area contributed by atoms with Gasteiger partial charge in [0.1, 0.15) is 6.61 Å². The summed E-state index contributed by atoms with van der Waals surface area (Å²) in [5.74, 6) is -0.327. The summed E-state index contributed by atoms with van der Waals surface area (Å²) in [6.45, 7) is 3.27. The molecule has 0 saturated heterocycles. The number of carbonyl (C=O) groups is 1. The number of amides is 1. The van der Waals surface area contributed by atoms with Crippen LogP contribution in [0.5, 0.6) is 0 Å². The lowest BCUT2D eigenvalue weighted by Gasteiger charge is -2.26. The average Bonchev–Trinajstić information content (AvgIpc) is 2.17. The maximum atomic E-state index is 11.5. The Hall–Kier alpha value is -1.06. The van der Waals surface area contributed by atoms with Crippen molar-refractivity contribution in [1.29, 1.82) is 0 Å². The molecular weight excluding hydrogens is 214 g/mol. The normalized spacial score (nSPS) is 10.5. The van der Waals surface area contributed by atoms with Crippen molar-refractivity contribution in [1.82, 2.24) is 0 Å². The minimum atomic E-state index is -0.495. The first-order valence-corrected chi connectivity index (χ1v) is 5.12. The van der Waals surface area contributed by atoms with Gasteiger partial charge in [-0.1, -0.05) is 17.7 Å². The number of anilines is 1. The van der Waals surface area contributed by atoms with Gasteiger partial charge >= 0.3 is 0 Å². The van der Waals surface area contributed by atoms with Crippen molar-refractivity contribution in [2.75, 3.05) is 11.5 Å². The molecule has 1 rings (SSSR count). The SMILES string of the molecule is CC(C)N(C(=O)CO)c1cccc(Cl)c1. The first-order valence-electron chi connectivity index (χ1n) is 4.74. The molecule has 0 spiro atoms. The molecule has 1 aromatic rings. The maximum absolute atomic E-state index is 11.5. The molecule has 0 aromatic heterocycles. The predicted octanol–water partition coefficient (Wildman–Crippen LogP) is 2.07. The third kappa shape index (κ3) is 2.94. The van der Waals surface area contributed by atoms with Crippen molar-refractivity contribution in [2.45, 2.75) is 19.9 Å². The molecule has 1 N–H and O–H groups in total. The van der Waals surface area contributed by atoms with Crippen LogP contribution in [0.25, 0.3) is 0 Å². The van der Waals surface area contributed by atoms with Crippen LogP contribution in [0.1, 0.15) is 13.8 Å². The molecule has 3 nitrogen and oxygen atoms in total. The molecule has 0 unspecified atom stereocenters. The molecule has 1 aromatic carbocycles. The summed E-state index contributed by atoms with van der Waals surface area (Å²) >= 11 is 5.84. The lowest BCUT2D eigenvalue weighted by molar-refractivity contribution is -0.121. The molecule has 15 heavy (non-hydrogen) atoms. The van der Waals surface area contributed by atoms with Gasteiger partial charge in [-0.25, -0.2) is 0 Å². The second-order valence-electron chi connectivity index (χ2n) is 3.50. The van der Waals surface area contributed by atoms with Crippen molar-refractivity contribution in [3.05, 3.63) is 29.3 Å². The zero-order valence-electron chi connectivity index (χ0n) is 8.77. The van der Waals surface area contributed by atoms with Gasteiger partial charge in [0.2, 0.25) is 0 Å². The topological polar surface area (TPSA) is 40.5 Å². The van der Waals surface area contributed by atoms with E-state index in [4.69, 9.17) is 16.7 Å². The van der Waals surface area contributed by atoms with Crippen molar-refractivity contribution < 1.29 is 9.90 Å². The Labute approximate surface area is 94.3 Å². The fourth-order valence-corrected chi connectivity index (χ4v) is 1.62. The smallest absolute Gasteiger partial charge is 0.252 e. The lowest BCUT2D eigenvalue weighted by Crippen LogP contribution is -2.38. The Bertz CT molecular complexity index is 352. The molecule has 0 radical (unpaired) electrons. The zero-order valence-corrected chi connectivity index (χ0v) is 9.53. The van der Waals surface area contributed by atoms with Crippen molar-refractivity contribution in [2.24, 2.45) is 0 Å². The third-order valence-electron chi connectivity index (χ3n) is 2.01. The van der Waals surface area contributed by atoms with Crippen LogP contribution in [-0.2, 0) is 4.79 Å². The fraction of sp³-hybridized carbons (Fsp3) is 0.364. The minimum Gasteiger partial charge on any atom is -0.387 e. The highest BCUT2D eigenvalue weighted by Crippen LogP contribution is 2.21. The second kappa shape index (κ2) is 5.14. The molecule has 4 heteroatoms. The third-order valence-corrected chi connectivity index (χ3v) is 2.24. The molecule has 0 aliphatic rings. The van der Waals surface area contributed by atoms with Crippen molar-refractivity contribution >= 4 is 23.2 Å². The summed E-state index contributed by atoms with van der Waals surface area (Å²) in [6.07, 6.45) is 0. The van der Waals surface area contributed by atoms with Crippen LogP contribution in [0.2, 0.25) is 5.02 Å². The molecule has 0 aliphatic heterocycles. The van der Waals surface area contributed by atoms with E-state index in [2.05, 4.69) is 0 Å². The van der Waals surface area contributed by atoms with E-state index in [1.165, 1.54) is 4.90 Å². The Balaban J connectivity index is 3.04. The average molecular weight is 228 g/mol. The van der Waals surface area contributed by atoms with Gasteiger partial charge in [0, 0.05) is 16.8 Å². The first-order chi connectivity index (χ1) is 7.06. The Morgan fingerprint density at radius 1 is 1.53 bits per heavy atom. The van der Waals surface area contributed by atoms with Crippen molar-refractivity contribution in [3.63, 3.8) is 0 Å². The van der Waals surface area contributed by atoms with Gasteiger partial charge in [0.25, 0.3) is 5.91 Å². The number of aliphatic hydroxyl groups is 1. The number of hydrogen-bond donors (Lipinski definition) is 1. The van der Waals surface area contributed by atoms with Gasteiger partial charge in [0.15, 0.2) is 0 Å². The molecule has 0 saturated carbocycles. The number of rotatable bonds is 3. The van der Waals surface area contributed by atoms with Gasteiger partial charge in [0.05, 0.1) is 0 Å². The van der Waals surface area contributed by atoms with Gasteiger partial charge in [-0.3, -0.25) is 4.79 Å². The number of aliphatic hydroxyl groups excluding tert-OH is 1. The molecule has 0 heterocycles. The summed E-state index contributed by atoms with van der Waals surface area (Å²) in [6, 6.07) is 7.00. The lowest BCUT2D eigenvalue weighted by atomic mass is 10.2. The van der Waals surface area contributed by atoms with E-state index < -0.39 is 6.61 Å². The summed E-state index contributed by atoms with van der Waals surface area (Å²) in [5.41, 5.74) is 0.705. The van der Waals surface area contributed by atoms with E-state index in [1.807, 2.05) is 13.8 Å². The Morgan fingerprint density at radius 2 is 2.20 bits per heavy atom. The van der Waals surface area contributed by atoms with Crippen LogP contribution < -0.4 is 4.90 Å². The monoisotopic (exact) mass is 227 g/mol. The predicted molar refractivity (Wildman–Crippen MR) is 61.2 cm³/mol. The number of nitrogens with zero attached hydrogens (tertiary/aromatic N) is 1. The standard InChI is InChI=1S/C11H14ClNO2/c1-8(2)13(11(15)7-14)10-5-3-4-9(12)6-10/h3-6,8,14H,7H2,1-2H3. The van der Waals surface area contributed by atoms with Gasteiger partial charge in [-0.2, -0.15) is 0 Å². The molecule has 0 bridgehead atoms. The van der Waals surface area contributed by atoms with Crippen LogP contribution in [0.3, 0.4) is 0 Å². The summed E-state index contributed by atoms with van der Waals surface area (Å²) < 4.78 is 0. The highest BCUT2D eigenvalue weighted by atomic mass is 35.5. The van der Waals surface area contributed by atoms with E-state index in [0.29, 0.717) is 10.7 Å². The highest BCUT2D eigenvalue weighted by molar-refractivity contribution is 6.30. The van der Waals surface area contributed by atoms with Gasteiger partial charge in [-0.05, 0) is 32.0 Å². The minimum absolute atomic E-state index is 0.0110. The maximum Gasteiger partial charge on any atom is 0.252 e. The summed E-state index contributed by atoms with van der Waals surface area (Å²) in [5, 5.41) is 9.43. The summed E-state index contributed by atoms with van der Waals surface area (Å²) in [7, 11) is 0. The number of hydrogen-bond acceptors (Lipinski definition) is 2. The van der Waals surface area contributed by atoms with E-state index in [1.54, 1.807) is 24.3 Å². The second-order valence-corrected chi connectivity index (χ2v) is 3.93. The Morgan fingerprint density at radius 3 is 2.67 bits per heavy atom. The summed E-state index contributed by atoms with van der Waals surface area (Å²) in [4.78, 5) is 13.0. The molecule has 0 aliphatic carbocycles. The fourth-order valence-electron chi connectivity index (χ4n) is 1.43. The van der Waals surface area contributed by atoms with Gasteiger partial charge in [-0.15, -0.1) is 0 Å². The van der Waals surface area contributed by atoms with Crippen LogP contribution >= 0.6 is 11.6 Å². The van der Waals surface area contributed by atoms with Gasteiger partial charge < -0.3 is 10.0 Å². The van der Waals surface area contributed by atoms with E-state index >= 15 is 0 Å². The van der Waals surface area contributed by atoms with Crippen molar-refractivity contribution in [3.8, 4) is 0 Å². The first kappa shape index (κ1) is 12.0. The molecule has 82 valence electrons. The highest BCUT2D eigenvalue weighted by Gasteiger charge is 2.17. The number of carbonyl (C=O) groups excluding carboxylic acids is 1. The zero-order chi connectivity index (χ0) is 11.4. The quantitative estimate of drug-likeness (QED) is 0.859. The van der Waals surface area contributed by atoms with Crippen LogP contribution in [0, 0.1) is 0 Å². The van der Waals surface area contributed by atoms with Crippen LogP contribution in [0.15, 0.2) is 24.3 Å². The van der Waals surface area contributed by atoms with Crippen LogP contribution in [0.4, 0.5) is 5.69 Å². The van der Waals surface area contributed by atoms with E-state index in [9.17, 15) is 4.79 Å². The van der Waals surface area contributed by atoms with E-state index in [0.717, 1.165) is 0 Å². The molecule has 0 atom stereocenters. The molecule has 1 amide bonds. The van der Waals surface area contributed by atoms with E-state index in [-0.39, 0.29) is 11.9 Å². The number of halogens is 1.